The van der Waals surface area contributed by atoms with Crippen LogP contribution < -0.4 is 10.5 Å². The van der Waals surface area contributed by atoms with E-state index in [0.29, 0.717) is 26.4 Å². The van der Waals surface area contributed by atoms with Crippen LogP contribution in [0.25, 0.3) is 0 Å². The molecule has 0 radical (unpaired) electrons. The maximum Gasteiger partial charge on any atom is 0.119 e. The molecule has 0 fully saturated rings. The van der Waals surface area contributed by atoms with E-state index in [-0.39, 0.29) is 5.41 Å². The molecule has 2 N–H and O–H groups in total. The van der Waals surface area contributed by atoms with Crippen molar-refractivity contribution in [2.75, 3.05) is 37.9 Å². The Balaban J connectivity index is 2.38. The van der Waals surface area contributed by atoms with Crippen LogP contribution in [0.1, 0.15) is 39.2 Å². The Bertz CT molecular complexity index is 393. The van der Waals surface area contributed by atoms with Gasteiger partial charge in [0.25, 0.3) is 0 Å². The van der Waals surface area contributed by atoms with Crippen LogP contribution in [0.15, 0.2) is 24.3 Å². The standard InChI is InChI=1S/C18H31NO2S/c1-4-5-14-22-15-18(2,3)16-6-8-17(9-7-16)21-13-12-20-11-10-19/h6-9H,4-5,10-15,19H2,1-3H3. The first-order chi connectivity index (χ1) is 10.6. The van der Waals surface area contributed by atoms with Gasteiger partial charge in [-0.2, -0.15) is 11.8 Å². The largest absolute Gasteiger partial charge is 0.491 e. The van der Waals surface area contributed by atoms with E-state index in [0.717, 1.165) is 11.5 Å². The van der Waals surface area contributed by atoms with Crippen LogP contribution in [0, 0.1) is 0 Å². The van der Waals surface area contributed by atoms with Gasteiger partial charge in [-0.25, -0.2) is 0 Å². The predicted molar refractivity (Wildman–Crippen MR) is 97.1 cm³/mol. The van der Waals surface area contributed by atoms with Gasteiger partial charge in [-0.1, -0.05) is 39.3 Å². The molecule has 3 nitrogen and oxygen atoms in total. The number of ether oxygens (including phenoxy) is 2. The van der Waals surface area contributed by atoms with Gasteiger partial charge in [-0.15, -0.1) is 0 Å². The molecule has 1 aromatic carbocycles. The molecule has 0 aliphatic rings. The summed E-state index contributed by atoms with van der Waals surface area (Å²) >= 11 is 2.05. The van der Waals surface area contributed by atoms with Gasteiger partial charge in [0.15, 0.2) is 0 Å². The van der Waals surface area contributed by atoms with Crippen LogP contribution in [0.3, 0.4) is 0 Å². The van der Waals surface area contributed by atoms with Crippen molar-refractivity contribution >= 4 is 11.8 Å². The van der Waals surface area contributed by atoms with Crippen molar-refractivity contribution in [1.82, 2.24) is 0 Å². The van der Waals surface area contributed by atoms with E-state index < -0.39 is 0 Å². The summed E-state index contributed by atoms with van der Waals surface area (Å²) in [6.45, 7) is 9.15. The van der Waals surface area contributed by atoms with Crippen LogP contribution in [-0.4, -0.2) is 37.9 Å². The lowest BCUT2D eigenvalue weighted by Crippen LogP contribution is -2.20. The molecule has 0 aromatic heterocycles. The van der Waals surface area contributed by atoms with Gasteiger partial charge in [0.2, 0.25) is 0 Å². The molecule has 0 bridgehead atoms. The first-order valence-corrected chi connectivity index (χ1v) is 9.34. The van der Waals surface area contributed by atoms with Gasteiger partial charge in [-0.3, -0.25) is 0 Å². The molecule has 0 atom stereocenters. The van der Waals surface area contributed by atoms with Crippen LogP contribution in [-0.2, 0) is 10.2 Å². The molecule has 4 heteroatoms. The van der Waals surface area contributed by atoms with E-state index in [1.807, 2.05) is 11.8 Å². The summed E-state index contributed by atoms with van der Waals surface area (Å²) in [6.07, 6.45) is 2.58. The van der Waals surface area contributed by atoms with Crippen LogP contribution in [0.2, 0.25) is 0 Å². The molecular weight excluding hydrogens is 294 g/mol. The molecule has 1 aromatic rings. The highest BCUT2D eigenvalue weighted by molar-refractivity contribution is 7.99. The molecule has 1 rings (SSSR count). The van der Waals surface area contributed by atoms with Crippen molar-refractivity contribution in [3.05, 3.63) is 29.8 Å². The highest BCUT2D eigenvalue weighted by Gasteiger charge is 2.20. The van der Waals surface area contributed by atoms with Crippen molar-refractivity contribution in [2.45, 2.75) is 39.0 Å². The number of rotatable bonds is 12. The van der Waals surface area contributed by atoms with Crippen LogP contribution >= 0.6 is 11.8 Å². The molecule has 0 heterocycles. The minimum Gasteiger partial charge on any atom is -0.491 e. The Labute approximate surface area is 140 Å². The zero-order chi connectivity index (χ0) is 16.3. The van der Waals surface area contributed by atoms with E-state index in [2.05, 4.69) is 45.0 Å². The maximum atomic E-state index is 5.66. The number of benzene rings is 1. The topological polar surface area (TPSA) is 44.5 Å². The lowest BCUT2D eigenvalue weighted by Gasteiger charge is -2.25. The van der Waals surface area contributed by atoms with Gasteiger partial charge in [0.1, 0.15) is 12.4 Å². The summed E-state index contributed by atoms with van der Waals surface area (Å²) in [4.78, 5) is 0. The molecule has 126 valence electrons. The second-order valence-corrected chi connectivity index (χ2v) is 7.17. The zero-order valence-corrected chi connectivity index (χ0v) is 15.1. The summed E-state index contributed by atoms with van der Waals surface area (Å²) in [6, 6.07) is 8.46. The van der Waals surface area contributed by atoms with E-state index in [9.17, 15) is 0 Å². The fraction of sp³-hybridized carbons (Fsp3) is 0.667. The van der Waals surface area contributed by atoms with Gasteiger partial charge < -0.3 is 15.2 Å². The number of unbranched alkanes of at least 4 members (excludes halogenated alkanes) is 1. The van der Waals surface area contributed by atoms with E-state index in [1.165, 1.54) is 24.2 Å². The van der Waals surface area contributed by atoms with Gasteiger partial charge in [0.05, 0.1) is 13.2 Å². The lowest BCUT2D eigenvalue weighted by molar-refractivity contribution is 0.106. The van der Waals surface area contributed by atoms with E-state index in [1.54, 1.807) is 0 Å². The van der Waals surface area contributed by atoms with Crippen molar-refractivity contribution in [3.63, 3.8) is 0 Å². The predicted octanol–water partition coefficient (Wildman–Crippen LogP) is 3.85. The summed E-state index contributed by atoms with van der Waals surface area (Å²) in [5.41, 5.74) is 6.92. The molecule has 0 saturated heterocycles. The second-order valence-electron chi connectivity index (χ2n) is 6.06. The first kappa shape index (κ1) is 19.3. The summed E-state index contributed by atoms with van der Waals surface area (Å²) < 4.78 is 11.0. The van der Waals surface area contributed by atoms with E-state index in [4.69, 9.17) is 15.2 Å². The monoisotopic (exact) mass is 325 g/mol. The lowest BCUT2D eigenvalue weighted by atomic mass is 9.87. The Morgan fingerprint density at radius 2 is 1.82 bits per heavy atom. The normalized spacial score (nSPS) is 11.6. The SMILES string of the molecule is CCCCSCC(C)(C)c1ccc(OCCOCCN)cc1. The number of nitrogens with two attached hydrogens (primary N) is 1. The first-order valence-electron chi connectivity index (χ1n) is 8.19. The zero-order valence-electron chi connectivity index (χ0n) is 14.3. The third-order valence-corrected chi connectivity index (χ3v) is 5.00. The van der Waals surface area contributed by atoms with Crippen molar-refractivity contribution in [2.24, 2.45) is 5.73 Å². The fourth-order valence-electron chi connectivity index (χ4n) is 2.06. The molecule has 0 spiro atoms. The molecule has 0 saturated carbocycles. The molecule has 0 amide bonds. The quantitative estimate of drug-likeness (QED) is 0.593. The Morgan fingerprint density at radius 1 is 1.09 bits per heavy atom. The highest BCUT2D eigenvalue weighted by atomic mass is 32.2. The second kappa shape index (κ2) is 10.9. The Hall–Kier alpha value is -0.710. The van der Waals surface area contributed by atoms with Gasteiger partial charge in [-0.05, 0) is 35.3 Å². The van der Waals surface area contributed by atoms with Crippen molar-refractivity contribution in [3.8, 4) is 5.75 Å². The van der Waals surface area contributed by atoms with Crippen LogP contribution in [0.4, 0.5) is 0 Å². The molecule has 22 heavy (non-hydrogen) atoms. The van der Waals surface area contributed by atoms with Crippen molar-refractivity contribution < 1.29 is 9.47 Å². The molecule has 0 aliphatic heterocycles. The molecule has 0 aliphatic carbocycles. The summed E-state index contributed by atoms with van der Waals surface area (Å²) in [5, 5.41) is 0. The molecular formula is C18H31NO2S. The number of thioether (sulfide) groups is 1. The minimum absolute atomic E-state index is 0.196. The van der Waals surface area contributed by atoms with Crippen LogP contribution in [0.5, 0.6) is 5.75 Å². The number of hydrogen-bond acceptors (Lipinski definition) is 4. The average Bonchev–Trinajstić information content (AvgIpc) is 2.52. The minimum atomic E-state index is 0.196. The van der Waals surface area contributed by atoms with Crippen molar-refractivity contribution in [1.29, 1.82) is 0 Å². The summed E-state index contributed by atoms with van der Waals surface area (Å²) in [7, 11) is 0. The maximum absolute atomic E-state index is 5.66. The number of hydrogen-bond donors (Lipinski definition) is 1. The highest BCUT2D eigenvalue weighted by Crippen LogP contribution is 2.29. The van der Waals surface area contributed by atoms with Gasteiger partial charge >= 0.3 is 0 Å². The smallest absolute Gasteiger partial charge is 0.119 e. The summed E-state index contributed by atoms with van der Waals surface area (Å²) in [5.74, 6) is 3.30. The third kappa shape index (κ3) is 7.52. The Kier molecular flexibility index (Phi) is 9.60. The fourth-order valence-corrected chi connectivity index (χ4v) is 3.38. The Morgan fingerprint density at radius 3 is 2.45 bits per heavy atom. The van der Waals surface area contributed by atoms with E-state index >= 15 is 0 Å². The molecule has 0 unspecified atom stereocenters. The average molecular weight is 326 g/mol. The van der Waals surface area contributed by atoms with Gasteiger partial charge in [0, 0.05) is 12.3 Å². The third-order valence-electron chi connectivity index (χ3n) is 3.50.